The molecular formula is C16H15NO3. The Kier molecular flexibility index (Phi) is 4.50. The Morgan fingerprint density at radius 1 is 1.00 bits per heavy atom. The summed E-state index contributed by atoms with van der Waals surface area (Å²) in [6, 6.07) is 15.6. The van der Waals surface area contributed by atoms with Gasteiger partial charge >= 0.3 is 5.97 Å². The third kappa shape index (κ3) is 3.45. The average Bonchev–Trinajstić information content (AvgIpc) is 2.48. The van der Waals surface area contributed by atoms with Gasteiger partial charge in [0.25, 0.3) is 5.91 Å². The van der Waals surface area contributed by atoms with Crippen molar-refractivity contribution in [2.24, 2.45) is 0 Å². The van der Waals surface area contributed by atoms with E-state index in [9.17, 15) is 9.59 Å². The van der Waals surface area contributed by atoms with Crippen LogP contribution < -0.4 is 5.32 Å². The minimum Gasteiger partial charge on any atom is -0.462 e. The summed E-state index contributed by atoms with van der Waals surface area (Å²) in [6.07, 6.45) is 0. The molecular weight excluding hydrogens is 254 g/mol. The molecule has 0 aliphatic heterocycles. The first-order valence-corrected chi connectivity index (χ1v) is 6.34. The number of amides is 1. The number of hydrogen-bond acceptors (Lipinski definition) is 3. The van der Waals surface area contributed by atoms with Gasteiger partial charge in [-0.05, 0) is 37.3 Å². The molecule has 0 aliphatic rings. The summed E-state index contributed by atoms with van der Waals surface area (Å²) < 4.78 is 4.91. The summed E-state index contributed by atoms with van der Waals surface area (Å²) in [7, 11) is 0. The van der Waals surface area contributed by atoms with Crippen molar-refractivity contribution in [2.45, 2.75) is 6.92 Å². The van der Waals surface area contributed by atoms with Crippen molar-refractivity contribution in [3.63, 3.8) is 0 Å². The predicted octanol–water partition coefficient (Wildman–Crippen LogP) is 3.12. The van der Waals surface area contributed by atoms with Gasteiger partial charge in [-0.25, -0.2) is 4.79 Å². The van der Waals surface area contributed by atoms with Crippen LogP contribution in [-0.2, 0) is 4.74 Å². The zero-order valence-corrected chi connectivity index (χ0v) is 11.1. The topological polar surface area (TPSA) is 55.4 Å². The lowest BCUT2D eigenvalue weighted by Crippen LogP contribution is -2.13. The second-order valence-corrected chi connectivity index (χ2v) is 4.12. The molecule has 0 saturated carbocycles. The largest absolute Gasteiger partial charge is 0.462 e. The lowest BCUT2D eigenvalue weighted by atomic mass is 10.1. The highest BCUT2D eigenvalue weighted by molar-refractivity contribution is 6.05. The van der Waals surface area contributed by atoms with Crippen molar-refractivity contribution in [1.82, 2.24) is 0 Å². The number of ether oxygens (including phenoxy) is 1. The van der Waals surface area contributed by atoms with Gasteiger partial charge in [-0.15, -0.1) is 0 Å². The highest BCUT2D eigenvalue weighted by Crippen LogP contribution is 2.11. The van der Waals surface area contributed by atoms with Crippen molar-refractivity contribution in [2.75, 3.05) is 11.9 Å². The lowest BCUT2D eigenvalue weighted by Gasteiger charge is -2.06. The monoisotopic (exact) mass is 269 g/mol. The van der Waals surface area contributed by atoms with E-state index >= 15 is 0 Å². The number of para-hydroxylation sites is 1. The third-order valence-corrected chi connectivity index (χ3v) is 2.67. The maximum atomic E-state index is 12.1. The van der Waals surface area contributed by atoms with E-state index in [-0.39, 0.29) is 5.91 Å². The molecule has 0 aliphatic carbocycles. The highest BCUT2D eigenvalue weighted by atomic mass is 16.5. The smallest absolute Gasteiger partial charge is 0.338 e. The van der Waals surface area contributed by atoms with Gasteiger partial charge in [-0.2, -0.15) is 0 Å². The molecule has 0 radical (unpaired) electrons. The second kappa shape index (κ2) is 6.52. The maximum Gasteiger partial charge on any atom is 0.338 e. The number of benzene rings is 2. The van der Waals surface area contributed by atoms with Crippen LogP contribution >= 0.6 is 0 Å². The highest BCUT2D eigenvalue weighted by Gasteiger charge is 2.11. The van der Waals surface area contributed by atoms with E-state index in [1.165, 1.54) is 6.07 Å². The van der Waals surface area contributed by atoms with Crippen molar-refractivity contribution < 1.29 is 14.3 Å². The third-order valence-electron chi connectivity index (χ3n) is 2.67. The van der Waals surface area contributed by atoms with Crippen LogP contribution in [0.15, 0.2) is 54.6 Å². The standard InChI is InChI=1S/C16H15NO3/c1-2-20-16(19)13-8-6-7-12(11-13)15(18)17-14-9-4-3-5-10-14/h3-11H,2H2,1H3,(H,17,18). The van der Waals surface area contributed by atoms with Crippen molar-refractivity contribution >= 4 is 17.6 Å². The van der Waals surface area contributed by atoms with Gasteiger partial charge in [0.05, 0.1) is 12.2 Å². The van der Waals surface area contributed by atoms with Gasteiger partial charge in [0.1, 0.15) is 0 Å². The van der Waals surface area contributed by atoms with Gasteiger partial charge in [-0.3, -0.25) is 4.79 Å². The Bertz CT molecular complexity index is 608. The fraction of sp³-hybridized carbons (Fsp3) is 0.125. The molecule has 0 bridgehead atoms. The zero-order valence-electron chi connectivity index (χ0n) is 11.1. The van der Waals surface area contributed by atoms with Crippen LogP contribution in [0.1, 0.15) is 27.6 Å². The van der Waals surface area contributed by atoms with E-state index in [2.05, 4.69) is 5.32 Å². The van der Waals surface area contributed by atoms with Crippen molar-refractivity contribution in [1.29, 1.82) is 0 Å². The van der Waals surface area contributed by atoms with Gasteiger partial charge in [-0.1, -0.05) is 24.3 Å². The Balaban J connectivity index is 2.14. The van der Waals surface area contributed by atoms with Crippen LogP contribution in [0.5, 0.6) is 0 Å². The first-order chi connectivity index (χ1) is 9.70. The minimum absolute atomic E-state index is 0.262. The number of carbonyl (C=O) groups excluding carboxylic acids is 2. The van der Waals surface area contributed by atoms with E-state index in [0.717, 1.165) is 0 Å². The van der Waals surface area contributed by atoms with E-state index in [1.54, 1.807) is 37.3 Å². The van der Waals surface area contributed by atoms with Crippen LogP contribution in [0, 0.1) is 0 Å². The average molecular weight is 269 g/mol. The van der Waals surface area contributed by atoms with Crippen LogP contribution in [0.2, 0.25) is 0 Å². The number of carbonyl (C=O) groups is 2. The first kappa shape index (κ1) is 13.8. The Morgan fingerprint density at radius 2 is 1.70 bits per heavy atom. The van der Waals surface area contributed by atoms with Crippen LogP contribution in [0.25, 0.3) is 0 Å². The summed E-state index contributed by atoms with van der Waals surface area (Å²) in [5, 5.41) is 2.77. The number of nitrogens with one attached hydrogen (secondary N) is 1. The minimum atomic E-state index is -0.429. The Morgan fingerprint density at radius 3 is 2.40 bits per heavy atom. The van der Waals surface area contributed by atoms with Crippen LogP contribution in [0.3, 0.4) is 0 Å². The molecule has 102 valence electrons. The van der Waals surface area contributed by atoms with E-state index < -0.39 is 5.97 Å². The molecule has 0 saturated heterocycles. The molecule has 0 spiro atoms. The molecule has 2 aromatic rings. The van der Waals surface area contributed by atoms with Gasteiger partial charge < -0.3 is 10.1 Å². The molecule has 4 nitrogen and oxygen atoms in total. The summed E-state index contributed by atoms with van der Waals surface area (Å²) >= 11 is 0. The molecule has 20 heavy (non-hydrogen) atoms. The number of esters is 1. The molecule has 2 aromatic carbocycles. The lowest BCUT2D eigenvalue weighted by molar-refractivity contribution is 0.0526. The van der Waals surface area contributed by atoms with E-state index in [1.807, 2.05) is 18.2 Å². The van der Waals surface area contributed by atoms with Crippen LogP contribution in [-0.4, -0.2) is 18.5 Å². The van der Waals surface area contributed by atoms with Gasteiger partial charge in [0.15, 0.2) is 0 Å². The Hall–Kier alpha value is -2.62. The molecule has 1 N–H and O–H groups in total. The first-order valence-electron chi connectivity index (χ1n) is 6.34. The molecule has 2 rings (SSSR count). The number of rotatable bonds is 4. The van der Waals surface area contributed by atoms with Gasteiger partial charge in [0.2, 0.25) is 0 Å². The predicted molar refractivity (Wildman–Crippen MR) is 76.8 cm³/mol. The fourth-order valence-corrected chi connectivity index (χ4v) is 1.73. The Labute approximate surface area is 117 Å². The van der Waals surface area contributed by atoms with E-state index in [0.29, 0.717) is 23.4 Å². The number of hydrogen-bond donors (Lipinski definition) is 1. The normalized spacial score (nSPS) is 9.85. The summed E-state index contributed by atoms with van der Waals surface area (Å²) in [4.78, 5) is 23.7. The zero-order chi connectivity index (χ0) is 14.4. The van der Waals surface area contributed by atoms with Crippen molar-refractivity contribution in [3.05, 3.63) is 65.7 Å². The molecule has 0 heterocycles. The second-order valence-electron chi connectivity index (χ2n) is 4.12. The molecule has 4 heteroatoms. The van der Waals surface area contributed by atoms with Crippen molar-refractivity contribution in [3.8, 4) is 0 Å². The van der Waals surface area contributed by atoms with Gasteiger partial charge in [0, 0.05) is 11.3 Å². The summed E-state index contributed by atoms with van der Waals surface area (Å²) in [5.41, 5.74) is 1.49. The summed E-state index contributed by atoms with van der Waals surface area (Å²) in [6.45, 7) is 2.04. The maximum absolute atomic E-state index is 12.1. The molecule has 0 atom stereocenters. The van der Waals surface area contributed by atoms with Crippen LogP contribution in [0.4, 0.5) is 5.69 Å². The molecule has 1 amide bonds. The SMILES string of the molecule is CCOC(=O)c1cccc(C(=O)Nc2ccccc2)c1. The fourth-order valence-electron chi connectivity index (χ4n) is 1.73. The van der Waals surface area contributed by atoms with E-state index in [4.69, 9.17) is 4.74 Å². The summed E-state index contributed by atoms with van der Waals surface area (Å²) in [5.74, 6) is -0.691. The molecule has 0 fully saturated rings. The quantitative estimate of drug-likeness (QED) is 0.868. The number of anilines is 1. The molecule has 0 unspecified atom stereocenters. The molecule has 0 aromatic heterocycles.